The van der Waals surface area contributed by atoms with Gasteiger partial charge < -0.3 is 19.2 Å². The number of carboxylic acid groups (broad SMARTS) is 1. The molecule has 0 fully saturated rings. The summed E-state index contributed by atoms with van der Waals surface area (Å²) >= 11 is 0. The Morgan fingerprint density at radius 2 is 1.69 bits per heavy atom. The molecule has 14 heteroatoms. The molecule has 3 aromatic rings. The number of benzene rings is 2. The van der Waals surface area contributed by atoms with Crippen LogP contribution < -0.4 is 14.2 Å². The molecule has 0 spiro atoms. The van der Waals surface area contributed by atoms with E-state index in [1.165, 1.54) is 36.4 Å². The lowest BCUT2D eigenvalue weighted by molar-refractivity contribution is -0.678. The van der Waals surface area contributed by atoms with Gasteiger partial charge in [-0.3, -0.25) is 13.9 Å². The Morgan fingerprint density at radius 3 is 2.36 bits per heavy atom. The van der Waals surface area contributed by atoms with Crippen LogP contribution in [0.5, 0.6) is 5.75 Å². The SMILES string of the molecule is CCN1C(=CC=Cc2oc3cc(S(=O)(=O)O)ccc3[n+]2CCCCCC(=O)O)Oc2cc(S(=O)(=O)O)ccc21. The number of nitrogens with zero attached hydrogens (tertiary/aromatic N) is 2. The second-order valence-electron chi connectivity index (χ2n) is 8.72. The average molecular weight is 580 g/mol. The number of aromatic nitrogens is 1. The zero-order valence-electron chi connectivity index (χ0n) is 20.8. The van der Waals surface area contributed by atoms with Crippen LogP contribution in [0.3, 0.4) is 0 Å². The van der Waals surface area contributed by atoms with E-state index < -0.39 is 26.2 Å². The van der Waals surface area contributed by atoms with Gasteiger partial charge in [0, 0.05) is 37.6 Å². The van der Waals surface area contributed by atoms with Crippen LogP contribution in [0.15, 0.2) is 68.6 Å². The zero-order valence-corrected chi connectivity index (χ0v) is 22.5. The van der Waals surface area contributed by atoms with Crippen molar-refractivity contribution < 1.29 is 49.6 Å². The standard InChI is InChI=1S/C25H26N2O10S2/c1-2-26-19-12-10-17(38(30,31)32)15-21(19)36-23(26)7-6-8-24-27(14-5-3-4-9-25(28)29)20-13-11-18(39(33,34)35)16-22(20)37-24/h6-8,10-13,15-16H,2-5,9,14H2,1H3,(H2-,28,29,30,31,32,33,34,35)/p+1. The fourth-order valence-electron chi connectivity index (χ4n) is 4.23. The van der Waals surface area contributed by atoms with E-state index in [0.29, 0.717) is 55.3 Å². The summed E-state index contributed by atoms with van der Waals surface area (Å²) in [6.45, 7) is 2.86. The Morgan fingerprint density at radius 1 is 1.00 bits per heavy atom. The highest BCUT2D eigenvalue weighted by molar-refractivity contribution is 7.86. The van der Waals surface area contributed by atoms with E-state index in [9.17, 15) is 30.7 Å². The van der Waals surface area contributed by atoms with Crippen LogP contribution in [0, 0.1) is 0 Å². The number of oxazole rings is 1. The molecule has 12 nitrogen and oxygen atoms in total. The van der Waals surface area contributed by atoms with Crippen molar-refractivity contribution >= 4 is 49.1 Å². The van der Waals surface area contributed by atoms with Crippen molar-refractivity contribution in [2.75, 3.05) is 11.4 Å². The lowest BCUT2D eigenvalue weighted by Gasteiger charge is -2.14. The van der Waals surface area contributed by atoms with Crippen molar-refractivity contribution in [3.05, 3.63) is 60.3 Å². The molecule has 1 aliphatic rings. The summed E-state index contributed by atoms with van der Waals surface area (Å²) in [6.07, 6.45) is 6.82. The summed E-state index contributed by atoms with van der Waals surface area (Å²) in [5.41, 5.74) is 1.45. The predicted molar refractivity (Wildman–Crippen MR) is 139 cm³/mol. The van der Waals surface area contributed by atoms with Crippen LogP contribution in [-0.4, -0.2) is 43.6 Å². The van der Waals surface area contributed by atoms with Crippen molar-refractivity contribution in [1.82, 2.24) is 0 Å². The number of ether oxygens (including phenoxy) is 1. The van der Waals surface area contributed by atoms with E-state index >= 15 is 0 Å². The molecule has 1 aliphatic heterocycles. The van der Waals surface area contributed by atoms with E-state index in [1.807, 2.05) is 11.5 Å². The Balaban J connectivity index is 1.63. The number of hydrogen-bond acceptors (Lipinski definition) is 8. The molecule has 0 radical (unpaired) electrons. The number of aryl methyl sites for hydroxylation is 1. The monoisotopic (exact) mass is 579 g/mol. The van der Waals surface area contributed by atoms with Crippen LogP contribution in [-0.2, 0) is 31.6 Å². The first-order valence-corrected chi connectivity index (χ1v) is 14.9. The highest BCUT2D eigenvalue weighted by Crippen LogP contribution is 2.40. The van der Waals surface area contributed by atoms with Gasteiger partial charge in [-0.25, -0.2) is 0 Å². The molecule has 3 N–H and O–H groups in total. The Labute approximate surface area is 224 Å². The lowest BCUT2D eigenvalue weighted by Crippen LogP contribution is -2.35. The number of carbonyl (C=O) groups is 1. The van der Waals surface area contributed by atoms with Gasteiger partial charge in [0.2, 0.25) is 11.5 Å². The van der Waals surface area contributed by atoms with Crippen molar-refractivity contribution in [2.45, 2.75) is 48.9 Å². The topological polar surface area (TPSA) is 176 Å². The molecule has 4 rings (SSSR count). The van der Waals surface area contributed by atoms with Crippen molar-refractivity contribution in [2.24, 2.45) is 0 Å². The molecule has 0 bridgehead atoms. The number of anilines is 1. The second-order valence-corrected chi connectivity index (χ2v) is 11.6. The van der Waals surface area contributed by atoms with E-state index in [0.717, 1.165) is 0 Å². The van der Waals surface area contributed by atoms with Crippen LogP contribution in [0.4, 0.5) is 5.69 Å². The van der Waals surface area contributed by atoms with E-state index in [-0.39, 0.29) is 27.5 Å². The van der Waals surface area contributed by atoms with Gasteiger partial charge in [0.25, 0.3) is 25.8 Å². The van der Waals surface area contributed by atoms with Crippen LogP contribution in [0.1, 0.15) is 38.5 Å². The van der Waals surface area contributed by atoms with Gasteiger partial charge in [-0.15, -0.1) is 0 Å². The van der Waals surface area contributed by atoms with Gasteiger partial charge in [0.15, 0.2) is 12.3 Å². The minimum Gasteiger partial charge on any atom is -0.481 e. The number of hydrogen-bond donors (Lipinski definition) is 3. The summed E-state index contributed by atoms with van der Waals surface area (Å²) in [6, 6.07) is 8.08. The Kier molecular flexibility index (Phi) is 8.11. The quantitative estimate of drug-likeness (QED) is 0.172. The maximum atomic E-state index is 11.6. The third kappa shape index (κ3) is 6.47. The van der Waals surface area contributed by atoms with Crippen molar-refractivity contribution in [3.8, 4) is 5.75 Å². The molecule has 0 saturated heterocycles. The largest absolute Gasteiger partial charge is 0.481 e. The number of aliphatic carboxylic acids is 1. The highest BCUT2D eigenvalue weighted by Gasteiger charge is 2.27. The van der Waals surface area contributed by atoms with Gasteiger partial charge in [0.05, 0.1) is 21.6 Å². The molecule has 0 aliphatic carbocycles. The predicted octanol–water partition coefficient (Wildman–Crippen LogP) is 3.63. The smallest absolute Gasteiger partial charge is 0.374 e. The van der Waals surface area contributed by atoms with E-state index in [1.54, 1.807) is 23.1 Å². The molecule has 39 heavy (non-hydrogen) atoms. The van der Waals surface area contributed by atoms with Crippen LogP contribution in [0.25, 0.3) is 17.2 Å². The first-order chi connectivity index (χ1) is 18.4. The van der Waals surface area contributed by atoms with Crippen molar-refractivity contribution in [3.63, 3.8) is 0 Å². The maximum Gasteiger partial charge on any atom is 0.374 e. The summed E-state index contributed by atoms with van der Waals surface area (Å²) in [7, 11) is -8.83. The fourth-order valence-corrected chi connectivity index (χ4v) is 5.22. The fraction of sp³-hybridized carbons (Fsp3) is 0.280. The van der Waals surface area contributed by atoms with Crippen LogP contribution in [0.2, 0.25) is 0 Å². The summed E-state index contributed by atoms with van der Waals surface area (Å²) in [5.74, 6) is 0.183. The lowest BCUT2D eigenvalue weighted by atomic mass is 10.2. The van der Waals surface area contributed by atoms with Gasteiger partial charge in [0.1, 0.15) is 0 Å². The molecule has 0 unspecified atom stereocenters. The van der Waals surface area contributed by atoms with Crippen LogP contribution >= 0.6 is 0 Å². The first kappa shape index (κ1) is 28.3. The second kappa shape index (κ2) is 11.2. The molecule has 2 heterocycles. The molecular weight excluding hydrogens is 552 g/mol. The molecule has 2 aromatic carbocycles. The number of unbranched alkanes of at least 4 members (excludes halogenated alkanes) is 2. The third-order valence-corrected chi connectivity index (χ3v) is 7.77. The first-order valence-electron chi connectivity index (χ1n) is 12.0. The molecule has 0 saturated carbocycles. The molecule has 1 aromatic heterocycles. The average Bonchev–Trinajstić information content (AvgIpc) is 3.38. The van der Waals surface area contributed by atoms with E-state index in [4.69, 9.17) is 14.3 Å². The van der Waals surface area contributed by atoms with Gasteiger partial charge >= 0.3 is 11.9 Å². The highest BCUT2D eigenvalue weighted by atomic mass is 32.2. The Hall–Kier alpha value is -3.72. The minimum atomic E-state index is -4.43. The Bertz CT molecular complexity index is 1690. The van der Waals surface area contributed by atoms with E-state index in [2.05, 4.69) is 0 Å². The van der Waals surface area contributed by atoms with Gasteiger partial charge in [-0.1, -0.05) is 0 Å². The summed E-state index contributed by atoms with van der Waals surface area (Å²) in [4.78, 5) is 12.0. The molecular formula is C25H27N2O10S2+. The zero-order chi connectivity index (χ0) is 28.4. The summed E-state index contributed by atoms with van der Waals surface area (Å²) in [5, 5.41) is 8.85. The number of allylic oxidation sites excluding steroid dienone is 2. The molecule has 0 amide bonds. The molecule has 208 valence electrons. The molecule has 0 atom stereocenters. The van der Waals surface area contributed by atoms with Gasteiger partial charge in [-0.2, -0.15) is 21.4 Å². The minimum absolute atomic E-state index is 0.0664. The maximum absolute atomic E-state index is 11.6. The third-order valence-electron chi connectivity index (χ3n) is 6.07. The number of rotatable bonds is 11. The summed E-state index contributed by atoms with van der Waals surface area (Å²) < 4.78 is 78.4. The number of carboxylic acids is 1. The normalized spacial score (nSPS) is 14.8. The van der Waals surface area contributed by atoms with Gasteiger partial charge in [-0.05, 0) is 50.1 Å². The van der Waals surface area contributed by atoms with Crippen molar-refractivity contribution in [1.29, 1.82) is 0 Å². The number of fused-ring (bicyclic) bond motifs is 2.